The number of nitrogens with one attached hydrogen (secondary N) is 2. The van der Waals surface area contributed by atoms with Crippen LogP contribution in [0.5, 0.6) is 5.75 Å². The van der Waals surface area contributed by atoms with E-state index >= 15 is 0 Å². The van der Waals surface area contributed by atoms with Crippen LogP contribution >= 0.6 is 0 Å². The van der Waals surface area contributed by atoms with Crippen LogP contribution in [-0.4, -0.2) is 58.7 Å². The van der Waals surface area contributed by atoms with E-state index < -0.39 is 12.2 Å². The first-order valence-corrected chi connectivity index (χ1v) is 10.1. The van der Waals surface area contributed by atoms with Crippen molar-refractivity contribution < 1.29 is 14.6 Å². The Bertz CT molecular complexity index is 971. The topological polar surface area (TPSA) is 90.5 Å². The van der Waals surface area contributed by atoms with Crippen LogP contribution in [0.2, 0.25) is 0 Å². The number of rotatable bonds is 9. The fourth-order valence-corrected chi connectivity index (χ4v) is 3.46. The third kappa shape index (κ3) is 5.17. The lowest BCUT2D eigenvalue weighted by Gasteiger charge is -2.19. The van der Waals surface area contributed by atoms with Crippen molar-refractivity contribution in [2.45, 2.75) is 38.5 Å². The highest BCUT2D eigenvalue weighted by molar-refractivity contribution is 5.89. The van der Waals surface area contributed by atoms with Crippen LogP contribution in [0.3, 0.4) is 0 Å². The van der Waals surface area contributed by atoms with Crippen LogP contribution in [-0.2, 0) is 11.2 Å². The van der Waals surface area contributed by atoms with Crippen LogP contribution in [0.1, 0.15) is 31.1 Å². The lowest BCUT2D eigenvalue weighted by atomic mass is 10.1. The normalized spacial score (nSPS) is 14.3. The molecule has 3 rings (SSSR count). The number of para-hydroxylation sites is 1. The number of pyridine rings is 1. The molecule has 0 radical (unpaired) electrons. The summed E-state index contributed by atoms with van der Waals surface area (Å²) in [5.74, 6) is 0.581. The number of fused-ring (bicyclic) bond motifs is 1. The molecule has 1 aromatic carbocycles. The summed E-state index contributed by atoms with van der Waals surface area (Å²) in [5.41, 5.74) is 2.83. The molecule has 1 amide bonds. The van der Waals surface area contributed by atoms with Gasteiger partial charge in [0, 0.05) is 56.2 Å². The Balaban J connectivity index is 1.65. The maximum absolute atomic E-state index is 12.1. The quantitative estimate of drug-likeness (QED) is 0.505. The average molecular weight is 411 g/mol. The first kappa shape index (κ1) is 21.8. The Morgan fingerprint density at radius 3 is 2.77 bits per heavy atom. The van der Waals surface area contributed by atoms with Crippen molar-refractivity contribution in [1.29, 1.82) is 0 Å². The summed E-state index contributed by atoms with van der Waals surface area (Å²) in [7, 11) is 3.43. The highest BCUT2D eigenvalue weighted by atomic mass is 16.5. The molecule has 3 N–H and O–H groups in total. The van der Waals surface area contributed by atoms with Gasteiger partial charge in [-0.1, -0.05) is 18.2 Å². The smallest absolute Gasteiger partial charge is 0.262 e. The van der Waals surface area contributed by atoms with Gasteiger partial charge in [-0.3, -0.25) is 9.78 Å². The molecule has 0 saturated heterocycles. The Hall–Kier alpha value is -2.90. The number of aliphatic hydroxyl groups excluding tert-OH is 1. The van der Waals surface area contributed by atoms with E-state index in [0.717, 1.165) is 28.5 Å². The summed E-state index contributed by atoms with van der Waals surface area (Å²) in [6.07, 6.45) is 4.98. The van der Waals surface area contributed by atoms with E-state index in [1.807, 2.05) is 36.5 Å². The second-order valence-corrected chi connectivity index (χ2v) is 7.80. The Morgan fingerprint density at radius 2 is 2.07 bits per heavy atom. The van der Waals surface area contributed by atoms with Gasteiger partial charge in [-0.15, -0.1) is 0 Å². The van der Waals surface area contributed by atoms with Crippen LogP contribution in [0.15, 0.2) is 48.9 Å². The monoisotopic (exact) mass is 410 g/mol. The maximum atomic E-state index is 12.1. The third-order valence-electron chi connectivity index (χ3n) is 5.11. The number of ether oxygens (including phenoxy) is 1. The maximum Gasteiger partial charge on any atom is 0.262 e. The molecule has 7 nitrogen and oxygen atoms in total. The third-order valence-corrected chi connectivity index (χ3v) is 5.11. The lowest BCUT2D eigenvalue weighted by Crippen LogP contribution is -2.35. The largest absolute Gasteiger partial charge is 0.479 e. The van der Waals surface area contributed by atoms with Crippen LogP contribution in [0.25, 0.3) is 10.9 Å². The molecule has 0 aliphatic rings. The molecular formula is C23H30N4O3. The van der Waals surface area contributed by atoms with E-state index in [-0.39, 0.29) is 11.9 Å². The van der Waals surface area contributed by atoms with Crippen molar-refractivity contribution in [2.24, 2.45) is 0 Å². The van der Waals surface area contributed by atoms with Crippen molar-refractivity contribution in [1.82, 2.24) is 20.2 Å². The molecule has 3 atom stereocenters. The molecular weight excluding hydrogens is 380 g/mol. The fourth-order valence-electron chi connectivity index (χ4n) is 3.46. The van der Waals surface area contributed by atoms with Crippen molar-refractivity contribution >= 4 is 16.8 Å². The molecule has 0 spiro atoms. The Kier molecular flexibility index (Phi) is 7.07. The minimum Gasteiger partial charge on any atom is -0.479 e. The van der Waals surface area contributed by atoms with Crippen LogP contribution < -0.4 is 10.1 Å². The predicted molar refractivity (Wildman–Crippen MR) is 117 cm³/mol. The number of likely N-dealkylation sites (N-methyl/N-ethyl adjacent to an activating group) is 1. The van der Waals surface area contributed by atoms with Gasteiger partial charge in [-0.25, -0.2) is 0 Å². The number of hydrogen-bond donors (Lipinski definition) is 3. The molecule has 0 unspecified atom stereocenters. The summed E-state index contributed by atoms with van der Waals surface area (Å²) in [6, 6.07) is 9.70. The van der Waals surface area contributed by atoms with E-state index in [4.69, 9.17) is 4.74 Å². The van der Waals surface area contributed by atoms with E-state index in [1.54, 1.807) is 33.4 Å². The van der Waals surface area contributed by atoms with Gasteiger partial charge in [0.05, 0.1) is 11.6 Å². The zero-order chi connectivity index (χ0) is 21.7. The minimum absolute atomic E-state index is 0.0798. The number of carbonyl (C=O) groups is 1. The van der Waals surface area contributed by atoms with Gasteiger partial charge in [0.15, 0.2) is 6.10 Å². The molecule has 3 aromatic rings. The minimum atomic E-state index is -0.597. The van der Waals surface area contributed by atoms with E-state index in [0.29, 0.717) is 12.3 Å². The van der Waals surface area contributed by atoms with Gasteiger partial charge in [0.25, 0.3) is 5.91 Å². The average Bonchev–Trinajstić information content (AvgIpc) is 3.15. The molecule has 0 aliphatic carbocycles. The number of aromatic amines is 1. The fraction of sp³-hybridized carbons (Fsp3) is 0.391. The summed E-state index contributed by atoms with van der Waals surface area (Å²) in [4.78, 5) is 21.0. The standard InChI is InChI=1S/C23H30N4O3/c1-15(25-14-20(28)17-7-6-10-24-12-17)11-18-13-26-22-19(18)8-5-9-21(22)30-16(2)23(29)27(3)4/h5-10,12-13,15-16,20,25-26,28H,11,14H2,1-4H3/t15-,16+,20+/m1/s1. The molecule has 0 saturated carbocycles. The summed E-state index contributed by atoms with van der Waals surface area (Å²) >= 11 is 0. The molecule has 2 heterocycles. The van der Waals surface area contributed by atoms with Gasteiger partial charge >= 0.3 is 0 Å². The first-order valence-electron chi connectivity index (χ1n) is 10.1. The van der Waals surface area contributed by atoms with Gasteiger partial charge in [-0.05, 0) is 38.0 Å². The number of hydrogen-bond acceptors (Lipinski definition) is 5. The van der Waals surface area contributed by atoms with Crippen molar-refractivity contribution in [3.63, 3.8) is 0 Å². The van der Waals surface area contributed by atoms with Gasteiger partial charge in [0.2, 0.25) is 0 Å². The number of H-pyrrole nitrogens is 1. The number of amides is 1. The molecule has 0 aliphatic heterocycles. The number of carbonyl (C=O) groups excluding carboxylic acids is 1. The van der Waals surface area contributed by atoms with Crippen molar-refractivity contribution in [3.05, 3.63) is 60.0 Å². The number of aromatic nitrogens is 2. The second-order valence-electron chi connectivity index (χ2n) is 7.80. The van der Waals surface area contributed by atoms with Gasteiger partial charge in [-0.2, -0.15) is 0 Å². The summed E-state index contributed by atoms with van der Waals surface area (Å²) < 4.78 is 5.92. The first-order chi connectivity index (χ1) is 14.4. The predicted octanol–water partition coefficient (Wildman–Crippen LogP) is 2.67. The summed E-state index contributed by atoms with van der Waals surface area (Å²) in [5, 5.41) is 14.8. The Morgan fingerprint density at radius 1 is 1.27 bits per heavy atom. The van der Waals surface area contributed by atoms with Gasteiger partial charge in [0.1, 0.15) is 5.75 Å². The van der Waals surface area contributed by atoms with E-state index in [1.165, 1.54) is 4.90 Å². The van der Waals surface area contributed by atoms with Gasteiger partial charge < -0.3 is 25.0 Å². The van der Waals surface area contributed by atoms with Crippen molar-refractivity contribution in [3.8, 4) is 5.75 Å². The zero-order valence-electron chi connectivity index (χ0n) is 17.9. The highest BCUT2D eigenvalue weighted by Crippen LogP contribution is 2.29. The van der Waals surface area contributed by atoms with Crippen LogP contribution in [0, 0.1) is 0 Å². The van der Waals surface area contributed by atoms with E-state index in [2.05, 4.69) is 22.2 Å². The molecule has 2 aromatic heterocycles. The van der Waals surface area contributed by atoms with Crippen molar-refractivity contribution in [2.75, 3.05) is 20.6 Å². The molecule has 7 heteroatoms. The molecule has 30 heavy (non-hydrogen) atoms. The Labute approximate surface area is 177 Å². The zero-order valence-corrected chi connectivity index (χ0v) is 17.9. The number of nitrogens with zero attached hydrogens (tertiary/aromatic N) is 2. The summed E-state index contributed by atoms with van der Waals surface area (Å²) in [6.45, 7) is 4.30. The highest BCUT2D eigenvalue weighted by Gasteiger charge is 2.19. The lowest BCUT2D eigenvalue weighted by molar-refractivity contribution is -0.135. The number of aliphatic hydroxyl groups is 1. The van der Waals surface area contributed by atoms with Crippen LogP contribution in [0.4, 0.5) is 0 Å². The molecule has 0 bridgehead atoms. The number of benzene rings is 1. The molecule has 0 fully saturated rings. The molecule has 160 valence electrons. The second kappa shape index (κ2) is 9.73. The SMILES string of the molecule is C[C@H](Cc1c[nH]c2c(O[C@@H](C)C(=O)N(C)C)cccc12)NC[C@H](O)c1cccnc1. The van der Waals surface area contributed by atoms with E-state index in [9.17, 15) is 9.90 Å².